The predicted molar refractivity (Wildman–Crippen MR) is 112 cm³/mol. The Bertz CT molecular complexity index is 1060. The minimum absolute atomic E-state index is 0.0510. The number of rotatable bonds is 8. The van der Waals surface area contributed by atoms with Crippen LogP contribution in [0.4, 0.5) is 0 Å². The van der Waals surface area contributed by atoms with Gasteiger partial charge in [0, 0.05) is 30.5 Å². The third-order valence-electron chi connectivity index (χ3n) is 4.34. The number of nitrogens with two attached hydrogens (primary N) is 1. The molecule has 2 N–H and O–H groups in total. The van der Waals surface area contributed by atoms with Crippen molar-refractivity contribution in [2.75, 3.05) is 6.54 Å². The van der Waals surface area contributed by atoms with Gasteiger partial charge in [0.1, 0.15) is 12.2 Å². The molecule has 0 spiro atoms. The second-order valence-electron chi connectivity index (χ2n) is 6.64. The van der Waals surface area contributed by atoms with E-state index in [1.807, 2.05) is 49.4 Å². The molecular weight excluding hydrogens is 388 g/mol. The molecule has 7 nitrogen and oxygen atoms in total. The van der Waals surface area contributed by atoms with Crippen molar-refractivity contribution in [1.82, 2.24) is 14.7 Å². The highest BCUT2D eigenvalue weighted by Gasteiger charge is 2.17. The number of thiophene rings is 1. The van der Waals surface area contributed by atoms with Gasteiger partial charge >= 0.3 is 0 Å². The van der Waals surface area contributed by atoms with Crippen molar-refractivity contribution in [3.63, 3.8) is 0 Å². The number of aromatic nitrogens is 2. The molecule has 8 heteroatoms. The highest BCUT2D eigenvalue weighted by Crippen LogP contribution is 2.25. The van der Waals surface area contributed by atoms with E-state index in [0.29, 0.717) is 12.2 Å². The number of hydrogen-bond donors (Lipinski definition) is 1. The van der Waals surface area contributed by atoms with Crippen LogP contribution < -0.4 is 11.3 Å². The summed E-state index contributed by atoms with van der Waals surface area (Å²) in [5.74, 6) is -0.787. The van der Waals surface area contributed by atoms with Crippen molar-refractivity contribution in [2.24, 2.45) is 5.73 Å². The van der Waals surface area contributed by atoms with Crippen LogP contribution >= 0.6 is 11.3 Å². The standard InChI is InChI=1S/C21H22N4O3S/c1-15-7-9-18(29-15)17-8-10-20(27)25(23-17)14-21(28)24(12-11-19(22)26)13-16-5-3-2-4-6-16/h2-10H,11-14H2,1H3,(H2,22,26). The maximum absolute atomic E-state index is 12.9. The molecule has 3 rings (SSSR count). The van der Waals surface area contributed by atoms with E-state index in [4.69, 9.17) is 5.73 Å². The molecule has 0 saturated heterocycles. The average Bonchev–Trinajstić information content (AvgIpc) is 3.13. The van der Waals surface area contributed by atoms with Crippen molar-refractivity contribution in [2.45, 2.75) is 26.4 Å². The van der Waals surface area contributed by atoms with Crippen molar-refractivity contribution < 1.29 is 9.59 Å². The van der Waals surface area contributed by atoms with Gasteiger partial charge in [0.15, 0.2) is 0 Å². The number of carbonyl (C=O) groups is 2. The van der Waals surface area contributed by atoms with Crippen LogP contribution in [-0.4, -0.2) is 33.0 Å². The molecule has 0 aliphatic heterocycles. The molecule has 1 aromatic carbocycles. The van der Waals surface area contributed by atoms with Gasteiger partial charge in [0.25, 0.3) is 5.56 Å². The van der Waals surface area contributed by atoms with Crippen LogP contribution in [0.25, 0.3) is 10.6 Å². The Morgan fingerprint density at radius 1 is 1.10 bits per heavy atom. The van der Waals surface area contributed by atoms with Gasteiger partial charge < -0.3 is 10.6 Å². The molecule has 0 unspecified atom stereocenters. The van der Waals surface area contributed by atoms with Gasteiger partial charge in [-0.2, -0.15) is 5.10 Å². The number of hydrogen-bond acceptors (Lipinski definition) is 5. The van der Waals surface area contributed by atoms with Crippen LogP contribution in [0.15, 0.2) is 59.4 Å². The quantitative estimate of drug-likeness (QED) is 0.615. The fraction of sp³-hybridized carbons (Fsp3) is 0.238. The van der Waals surface area contributed by atoms with Gasteiger partial charge in [0.05, 0.1) is 4.88 Å². The minimum Gasteiger partial charge on any atom is -0.370 e. The first-order valence-electron chi connectivity index (χ1n) is 9.17. The van der Waals surface area contributed by atoms with E-state index in [1.54, 1.807) is 17.4 Å². The predicted octanol–water partition coefficient (Wildman–Crippen LogP) is 2.18. The van der Waals surface area contributed by atoms with Gasteiger partial charge in [0.2, 0.25) is 11.8 Å². The summed E-state index contributed by atoms with van der Waals surface area (Å²) in [5.41, 5.74) is 6.46. The third kappa shape index (κ3) is 5.61. The lowest BCUT2D eigenvalue weighted by molar-refractivity contribution is -0.133. The molecule has 0 bridgehead atoms. The maximum Gasteiger partial charge on any atom is 0.267 e. The molecule has 2 heterocycles. The zero-order valence-corrected chi connectivity index (χ0v) is 16.9. The molecule has 29 heavy (non-hydrogen) atoms. The van der Waals surface area contributed by atoms with E-state index >= 15 is 0 Å². The summed E-state index contributed by atoms with van der Waals surface area (Å²) in [5, 5.41) is 4.36. The monoisotopic (exact) mass is 410 g/mol. The Labute approximate surface area is 172 Å². The van der Waals surface area contributed by atoms with Crippen LogP contribution in [0.2, 0.25) is 0 Å². The molecular formula is C21H22N4O3S. The van der Waals surface area contributed by atoms with Gasteiger partial charge in [-0.05, 0) is 30.7 Å². The first kappa shape index (κ1) is 20.5. The zero-order chi connectivity index (χ0) is 20.8. The van der Waals surface area contributed by atoms with Crippen molar-refractivity contribution in [3.8, 4) is 10.6 Å². The maximum atomic E-state index is 12.9. The molecule has 0 atom stereocenters. The summed E-state index contributed by atoms with van der Waals surface area (Å²) in [6, 6.07) is 16.4. The lowest BCUT2D eigenvalue weighted by Gasteiger charge is -2.22. The van der Waals surface area contributed by atoms with E-state index in [1.165, 1.54) is 11.0 Å². The molecule has 2 amide bonds. The molecule has 0 aliphatic rings. The summed E-state index contributed by atoms with van der Waals surface area (Å²) in [7, 11) is 0. The van der Waals surface area contributed by atoms with Crippen molar-refractivity contribution in [3.05, 3.63) is 75.4 Å². The Kier molecular flexibility index (Phi) is 6.56. The zero-order valence-electron chi connectivity index (χ0n) is 16.1. The molecule has 0 radical (unpaired) electrons. The Morgan fingerprint density at radius 2 is 1.86 bits per heavy atom. The fourth-order valence-electron chi connectivity index (χ4n) is 2.83. The van der Waals surface area contributed by atoms with Crippen LogP contribution in [0, 0.1) is 6.92 Å². The summed E-state index contributed by atoms with van der Waals surface area (Å²) < 4.78 is 1.16. The molecule has 0 saturated carbocycles. The van der Waals surface area contributed by atoms with E-state index in [9.17, 15) is 14.4 Å². The first-order valence-corrected chi connectivity index (χ1v) is 9.99. The SMILES string of the molecule is Cc1ccc(-c2ccc(=O)n(CC(=O)N(CCC(N)=O)Cc3ccccc3)n2)s1. The third-order valence-corrected chi connectivity index (χ3v) is 5.36. The molecule has 3 aromatic rings. The average molecular weight is 410 g/mol. The number of amides is 2. The van der Waals surface area contributed by atoms with Crippen LogP contribution in [-0.2, 0) is 22.7 Å². The van der Waals surface area contributed by atoms with E-state index in [-0.39, 0.29) is 31.0 Å². The lowest BCUT2D eigenvalue weighted by Crippen LogP contribution is -2.38. The second-order valence-corrected chi connectivity index (χ2v) is 7.93. The lowest BCUT2D eigenvalue weighted by atomic mass is 10.2. The number of benzene rings is 1. The molecule has 2 aromatic heterocycles. The highest BCUT2D eigenvalue weighted by molar-refractivity contribution is 7.15. The molecule has 0 aliphatic carbocycles. The largest absolute Gasteiger partial charge is 0.370 e. The topological polar surface area (TPSA) is 98.3 Å². The van der Waals surface area contributed by atoms with Gasteiger partial charge in [-0.1, -0.05) is 30.3 Å². The number of nitrogens with zero attached hydrogens (tertiary/aromatic N) is 3. The van der Waals surface area contributed by atoms with Gasteiger partial charge in [-0.25, -0.2) is 4.68 Å². The fourth-order valence-corrected chi connectivity index (χ4v) is 3.67. The first-order chi connectivity index (χ1) is 13.9. The normalized spacial score (nSPS) is 10.7. The van der Waals surface area contributed by atoms with Crippen molar-refractivity contribution >= 4 is 23.2 Å². The summed E-state index contributed by atoms with van der Waals surface area (Å²) in [4.78, 5) is 40.0. The van der Waals surface area contributed by atoms with Crippen LogP contribution in [0.5, 0.6) is 0 Å². The van der Waals surface area contributed by atoms with E-state index < -0.39 is 5.91 Å². The Hall–Kier alpha value is -3.26. The van der Waals surface area contributed by atoms with Gasteiger partial charge in [-0.15, -0.1) is 11.3 Å². The van der Waals surface area contributed by atoms with E-state index in [2.05, 4.69) is 5.10 Å². The summed E-state index contributed by atoms with van der Waals surface area (Å²) in [6.45, 7) is 2.30. The molecule has 0 fully saturated rings. The van der Waals surface area contributed by atoms with Crippen molar-refractivity contribution in [1.29, 1.82) is 0 Å². The Morgan fingerprint density at radius 3 is 2.52 bits per heavy atom. The smallest absolute Gasteiger partial charge is 0.267 e. The minimum atomic E-state index is -0.485. The van der Waals surface area contributed by atoms with E-state index in [0.717, 1.165) is 20.0 Å². The Balaban J connectivity index is 1.80. The van der Waals surface area contributed by atoms with Gasteiger partial charge in [-0.3, -0.25) is 14.4 Å². The van der Waals surface area contributed by atoms with Crippen LogP contribution in [0.1, 0.15) is 16.9 Å². The highest BCUT2D eigenvalue weighted by atomic mass is 32.1. The summed E-state index contributed by atoms with van der Waals surface area (Å²) >= 11 is 1.57. The number of carbonyl (C=O) groups excluding carboxylic acids is 2. The number of primary amides is 1. The van der Waals surface area contributed by atoms with Crippen LogP contribution in [0.3, 0.4) is 0 Å². The second kappa shape index (κ2) is 9.29. The number of aryl methyl sites for hydroxylation is 1. The summed E-state index contributed by atoms with van der Waals surface area (Å²) in [6.07, 6.45) is 0.0510. The molecule has 150 valence electrons.